The number of unbranched alkanes of at least 4 members (excludes halogenated alkanes) is 2. The average molecular weight is 349 g/mol. The largest absolute Gasteiger partial charge is 0.378 e. The molecule has 0 aromatic heterocycles. The zero-order chi connectivity index (χ0) is 17.7. The summed E-state index contributed by atoms with van der Waals surface area (Å²) in [6.45, 7) is 5.41. The minimum absolute atomic E-state index is 0.584. The van der Waals surface area contributed by atoms with Crippen molar-refractivity contribution < 1.29 is 4.74 Å². The van der Waals surface area contributed by atoms with Gasteiger partial charge in [-0.1, -0.05) is 70.4 Å². The highest BCUT2D eigenvalue weighted by atomic mass is 16.5. The summed E-state index contributed by atoms with van der Waals surface area (Å²) in [6.07, 6.45) is 26.3. The second-order valence-electron chi connectivity index (χ2n) is 8.83. The number of hydrogen-bond donors (Lipinski definition) is 0. The van der Waals surface area contributed by atoms with Gasteiger partial charge in [-0.2, -0.15) is 0 Å². The SMILES string of the molecule is C/C=C/CC[C@H]1CC[C@H](CC[C@H]2CC[C@H](OCCCCC)CC2)CC1. The Hall–Kier alpha value is -0.300. The van der Waals surface area contributed by atoms with E-state index in [2.05, 4.69) is 26.0 Å². The number of ether oxygens (including phenoxy) is 1. The molecule has 1 heteroatoms. The van der Waals surface area contributed by atoms with Crippen molar-refractivity contribution in [3.8, 4) is 0 Å². The van der Waals surface area contributed by atoms with Gasteiger partial charge in [0.15, 0.2) is 0 Å². The summed E-state index contributed by atoms with van der Waals surface area (Å²) in [5.74, 6) is 3.07. The molecule has 0 amide bonds. The summed E-state index contributed by atoms with van der Waals surface area (Å²) in [7, 11) is 0. The Morgan fingerprint density at radius 1 is 0.760 bits per heavy atom. The van der Waals surface area contributed by atoms with Crippen LogP contribution < -0.4 is 0 Å². The van der Waals surface area contributed by atoms with Gasteiger partial charge in [-0.3, -0.25) is 0 Å². The quantitative estimate of drug-likeness (QED) is 0.274. The summed E-state index contributed by atoms with van der Waals surface area (Å²) in [5.41, 5.74) is 0. The van der Waals surface area contributed by atoms with Crippen LogP contribution in [0.3, 0.4) is 0 Å². The van der Waals surface area contributed by atoms with E-state index < -0.39 is 0 Å². The highest BCUT2D eigenvalue weighted by Gasteiger charge is 2.24. The van der Waals surface area contributed by atoms with Crippen molar-refractivity contribution in [3.05, 3.63) is 12.2 Å². The maximum atomic E-state index is 6.08. The van der Waals surface area contributed by atoms with E-state index in [1.807, 2.05) is 0 Å². The predicted octanol–water partition coefficient (Wildman–Crippen LogP) is 7.69. The number of allylic oxidation sites excluding steroid dienone is 2. The monoisotopic (exact) mass is 348 g/mol. The molecule has 0 atom stereocenters. The Bertz CT molecular complexity index is 332. The Kier molecular flexibility index (Phi) is 10.9. The lowest BCUT2D eigenvalue weighted by Crippen LogP contribution is -2.23. The van der Waals surface area contributed by atoms with Gasteiger partial charge in [0.05, 0.1) is 6.10 Å². The van der Waals surface area contributed by atoms with Crippen molar-refractivity contribution >= 4 is 0 Å². The number of rotatable bonds is 11. The Balaban J connectivity index is 1.49. The molecule has 2 rings (SSSR count). The standard InChI is InChI=1S/C24H44O/c1-3-5-7-9-21-10-12-22(13-11-21)14-15-23-16-18-24(19-17-23)25-20-8-6-4-2/h3,5,21-24H,4,6-20H2,1-2H3/b5-3+/t21-,22-,23-,24-. The van der Waals surface area contributed by atoms with Gasteiger partial charge in [0.2, 0.25) is 0 Å². The van der Waals surface area contributed by atoms with Crippen molar-refractivity contribution in [2.75, 3.05) is 6.61 Å². The molecular weight excluding hydrogens is 304 g/mol. The molecule has 0 spiro atoms. The lowest BCUT2D eigenvalue weighted by Gasteiger charge is -2.32. The smallest absolute Gasteiger partial charge is 0.0575 e. The molecule has 0 saturated heterocycles. The van der Waals surface area contributed by atoms with E-state index in [4.69, 9.17) is 4.74 Å². The van der Waals surface area contributed by atoms with Gasteiger partial charge in [0.1, 0.15) is 0 Å². The lowest BCUT2D eigenvalue weighted by atomic mass is 9.76. The van der Waals surface area contributed by atoms with Gasteiger partial charge >= 0.3 is 0 Å². The second kappa shape index (κ2) is 13.0. The molecule has 2 fully saturated rings. The first-order valence-corrected chi connectivity index (χ1v) is 11.5. The third kappa shape index (κ3) is 8.76. The van der Waals surface area contributed by atoms with Crippen LogP contribution in [0.25, 0.3) is 0 Å². The zero-order valence-electron chi connectivity index (χ0n) is 17.2. The third-order valence-corrected chi connectivity index (χ3v) is 6.82. The van der Waals surface area contributed by atoms with E-state index in [0.717, 1.165) is 24.4 Å². The molecule has 0 aromatic carbocycles. The fourth-order valence-corrected chi connectivity index (χ4v) is 4.97. The van der Waals surface area contributed by atoms with Crippen LogP contribution in [0, 0.1) is 17.8 Å². The first kappa shape index (κ1) is 21.0. The highest BCUT2D eigenvalue weighted by Crippen LogP contribution is 2.37. The first-order valence-electron chi connectivity index (χ1n) is 11.5. The van der Waals surface area contributed by atoms with E-state index in [0.29, 0.717) is 6.10 Å². The van der Waals surface area contributed by atoms with Crippen LogP contribution in [0.4, 0.5) is 0 Å². The molecule has 0 N–H and O–H groups in total. The summed E-state index contributed by atoms with van der Waals surface area (Å²) in [4.78, 5) is 0. The minimum Gasteiger partial charge on any atom is -0.378 e. The molecule has 25 heavy (non-hydrogen) atoms. The molecule has 0 heterocycles. The summed E-state index contributed by atoms with van der Waals surface area (Å²) >= 11 is 0. The fraction of sp³-hybridized carbons (Fsp3) is 0.917. The van der Waals surface area contributed by atoms with Gasteiger partial charge in [-0.25, -0.2) is 0 Å². The summed E-state index contributed by atoms with van der Waals surface area (Å²) < 4.78 is 6.08. The Labute approximate surface area is 158 Å². The van der Waals surface area contributed by atoms with Crippen LogP contribution in [0.15, 0.2) is 12.2 Å². The second-order valence-corrected chi connectivity index (χ2v) is 8.83. The summed E-state index contributed by atoms with van der Waals surface area (Å²) in [5, 5.41) is 0. The van der Waals surface area contributed by atoms with Crippen LogP contribution in [0.5, 0.6) is 0 Å². The summed E-state index contributed by atoms with van der Waals surface area (Å²) in [6, 6.07) is 0. The molecule has 0 bridgehead atoms. The molecule has 1 nitrogen and oxygen atoms in total. The fourth-order valence-electron chi connectivity index (χ4n) is 4.97. The van der Waals surface area contributed by atoms with E-state index in [9.17, 15) is 0 Å². The van der Waals surface area contributed by atoms with Gasteiger partial charge in [0, 0.05) is 6.61 Å². The lowest BCUT2D eigenvalue weighted by molar-refractivity contribution is 0.0146. The Morgan fingerprint density at radius 2 is 1.32 bits per heavy atom. The van der Waals surface area contributed by atoms with Crippen molar-refractivity contribution in [1.29, 1.82) is 0 Å². The topological polar surface area (TPSA) is 9.23 Å². The van der Waals surface area contributed by atoms with E-state index in [1.165, 1.54) is 96.3 Å². The minimum atomic E-state index is 0.584. The molecule has 2 aliphatic carbocycles. The van der Waals surface area contributed by atoms with Crippen molar-refractivity contribution in [3.63, 3.8) is 0 Å². The first-order chi connectivity index (χ1) is 12.3. The maximum absolute atomic E-state index is 6.08. The highest BCUT2D eigenvalue weighted by molar-refractivity contribution is 4.81. The van der Waals surface area contributed by atoms with Crippen LogP contribution in [-0.4, -0.2) is 12.7 Å². The number of hydrogen-bond acceptors (Lipinski definition) is 1. The Morgan fingerprint density at radius 3 is 1.88 bits per heavy atom. The van der Waals surface area contributed by atoms with Crippen LogP contribution in [0.2, 0.25) is 0 Å². The van der Waals surface area contributed by atoms with Crippen LogP contribution in [-0.2, 0) is 4.74 Å². The zero-order valence-corrected chi connectivity index (χ0v) is 17.2. The molecular formula is C24H44O. The molecule has 146 valence electrons. The van der Waals surface area contributed by atoms with Gasteiger partial charge in [-0.15, -0.1) is 0 Å². The van der Waals surface area contributed by atoms with Crippen LogP contribution in [0.1, 0.15) is 110 Å². The van der Waals surface area contributed by atoms with Crippen LogP contribution >= 0.6 is 0 Å². The molecule has 0 aromatic rings. The van der Waals surface area contributed by atoms with E-state index in [1.54, 1.807) is 0 Å². The van der Waals surface area contributed by atoms with Gasteiger partial charge in [-0.05, 0) is 69.6 Å². The normalized spacial score (nSPS) is 30.8. The molecule has 2 saturated carbocycles. The molecule has 0 aliphatic heterocycles. The average Bonchev–Trinajstić information content (AvgIpc) is 2.66. The van der Waals surface area contributed by atoms with Gasteiger partial charge in [0.25, 0.3) is 0 Å². The third-order valence-electron chi connectivity index (χ3n) is 6.82. The predicted molar refractivity (Wildman–Crippen MR) is 110 cm³/mol. The van der Waals surface area contributed by atoms with Gasteiger partial charge < -0.3 is 4.74 Å². The van der Waals surface area contributed by atoms with E-state index in [-0.39, 0.29) is 0 Å². The molecule has 0 unspecified atom stereocenters. The van der Waals surface area contributed by atoms with Crippen molar-refractivity contribution in [2.24, 2.45) is 17.8 Å². The molecule has 0 radical (unpaired) electrons. The molecule has 2 aliphatic rings. The van der Waals surface area contributed by atoms with Crippen molar-refractivity contribution in [1.82, 2.24) is 0 Å². The van der Waals surface area contributed by atoms with Crippen molar-refractivity contribution in [2.45, 2.75) is 116 Å². The maximum Gasteiger partial charge on any atom is 0.0575 e. The van der Waals surface area contributed by atoms with E-state index >= 15 is 0 Å².